The van der Waals surface area contributed by atoms with Crippen molar-refractivity contribution in [2.24, 2.45) is 5.92 Å². The van der Waals surface area contributed by atoms with Crippen molar-refractivity contribution in [2.45, 2.75) is 34.1 Å². The van der Waals surface area contributed by atoms with Gasteiger partial charge in [0.15, 0.2) is 0 Å². The summed E-state index contributed by atoms with van der Waals surface area (Å²) in [6.45, 7) is 8.60. The Balaban J connectivity index is 1.46. The van der Waals surface area contributed by atoms with E-state index in [0.717, 1.165) is 28.2 Å². The molecule has 0 unspecified atom stereocenters. The van der Waals surface area contributed by atoms with Gasteiger partial charge in [0.25, 0.3) is 0 Å². The summed E-state index contributed by atoms with van der Waals surface area (Å²) >= 11 is 0. The number of benzene rings is 2. The van der Waals surface area contributed by atoms with Crippen LogP contribution in [-0.2, 0) is 9.59 Å². The van der Waals surface area contributed by atoms with E-state index in [9.17, 15) is 9.59 Å². The van der Waals surface area contributed by atoms with Crippen molar-refractivity contribution in [1.82, 2.24) is 4.57 Å². The summed E-state index contributed by atoms with van der Waals surface area (Å²) in [6, 6.07) is 17.9. The van der Waals surface area contributed by atoms with Gasteiger partial charge in [0.2, 0.25) is 11.8 Å². The first-order valence-corrected chi connectivity index (χ1v) is 10.3. The number of carbonyl (C=O) groups excluding carboxylic acids is 2. The van der Waals surface area contributed by atoms with Crippen molar-refractivity contribution in [3.8, 4) is 5.69 Å². The molecule has 4 rings (SSSR count). The van der Waals surface area contributed by atoms with E-state index in [1.54, 1.807) is 4.90 Å². The van der Waals surface area contributed by atoms with E-state index >= 15 is 0 Å². The Bertz CT molecular complexity index is 1090. The van der Waals surface area contributed by atoms with E-state index in [2.05, 4.69) is 35.9 Å². The zero-order chi connectivity index (χ0) is 21.4. The molecule has 1 atom stereocenters. The van der Waals surface area contributed by atoms with Crippen molar-refractivity contribution in [1.29, 1.82) is 0 Å². The van der Waals surface area contributed by atoms with Crippen LogP contribution in [0.3, 0.4) is 0 Å². The molecule has 1 fully saturated rings. The second-order valence-corrected chi connectivity index (χ2v) is 8.11. The maximum Gasteiger partial charge on any atom is 0.229 e. The van der Waals surface area contributed by atoms with E-state index in [4.69, 9.17) is 0 Å². The monoisotopic (exact) mass is 401 g/mol. The highest BCUT2D eigenvalue weighted by atomic mass is 16.2. The zero-order valence-corrected chi connectivity index (χ0v) is 17.9. The molecule has 0 bridgehead atoms. The van der Waals surface area contributed by atoms with Crippen LogP contribution in [-0.4, -0.2) is 22.9 Å². The van der Waals surface area contributed by atoms with Crippen LogP contribution >= 0.6 is 0 Å². The van der Waals surface area contributed by atoms with Gasteiger partial charge in [0.05, 0.1) is 5.92 Å². The maximum atomic E-state index is 12.8. The topological polar surface area (TPSA) is 54.3 Å². The largest absolute Gasteiger partial charge is 0.326 e. The summed E-state index contributed by atoms with van der Waals surface area (Å²) in [4.78, 5) is 27.1. The Kier molecular flexibility index (Phi) is 5.20. The Morgan fingerprint density at radius 2 is 1.60 bits per heavy atom. The first kappa shape index (κ1) is 20.0. The van der Waals surface area contributed by atoms with E-state index < -0.39 is 0 Å². The number of nitrogens with zero attached hydrogens (tertiary/aromatic N) is 2. The van der Waals surface area contributed by atoms with E-state index in [1.807, 2.05) is 56.3 Å². The van der Waals surface area contributed by atoms with E-state index in [1.165, 1.54) is 11.4 Å². The van der Waals surface area contributed by atoms with Gasteiger partial charge < -0.3 is 14.8 Å². The molecule has 0 radical (unpaired) electrons. The predicted octanol–water partition coefficient (Wildman–Crippen LogP) is 4.70. The lowest BCUT2D eigenvalue weighted by atomic mass is 10.1. The van der Waals surface area contributed by atoms with Crippen LogP contribution in [0.25, 0.3) is 5.69 Å². The number of hydrogen-bond acceptors (Lipinski definition) is 2. The minimum atomic E-state index is -0.356. The van der Waals surface area contributed by atoms with Gasteiger partial charge >= 0.3 is 0 Å². The maximum absolute atomic E-state index is 12.8. The second-order valence-electron chi connectivity index (χ2n) is 8.11. The SMILES string of the molecule is Cc1cccc(N2C[C@H](C(=O)Nc3ccc(-n4c(C)ccc4C)cc3)CC2=O)c1C. The lowest BCUT2D eigenvalue weighted by Gasteiger charge is -2.20. The number of anilines is 2. The Morgan fingerprint density at radius 1 is 0.933 bits per heavy atom. The Hall–Kier alpha value is -3.34. The first-order chi connectivity index (χ1) is 14.3. The number of rotatable bonds is 4. The predicted molar refractivity (Wildman–Crippen MR) is 120 cm³/mol. The highest BCUT2D eigenvalue weighted by Crippen LogP contribution is 2.30. The molecule has 2 heterocycles. The zero-order valence-electron chi connectivity index (χ0n) is 17.9. The van der Waals surface area contributed by atoms with Gasteiger partial charge in [-0.2, -0.15) is 0 Å². The molecular formula is C25H27N3O2. The Morgan fingerprint density at radius 3 is 2.27 bits per heavy atom. The molecule has 1 N–H and O–H groups in total. The van der Waals surface area contributed by atoms with Crippen LogP contribution < -0.4 is 10.2 Å². The molecule has 1 saturated heterocycles. The molecule has 3 aromatic rings. The molecule has 2 aromatic carbocycles. The minimum Gasteiger partial charge on any atom is -0.326 e. The van der Waals surface area contributed by atoms with Crippen LogP contribution in [0.15, 0.2) is 54.6 Å². The van der Waals surface area contributed by atoms with Gasteiger partial charge in [-0.15, -0.1) is 0 Å². The fourth-order valence-corrected chi connectivity index (χ4v) is 4.16. The molecule has 5 heteroatoms. The molecule has 1 aromatic heterocycles. The molecule has 30 heavy (non-hydrogen) atoms. The third-order valence-corrected chi connectivity index (χ3v) is 6.03. The summed E-state index contributed by atoms with van der Waals surface area (Å²) in [6.07, 6.45) is 0.235. The average molecular weight is 402 g/mol. The van der Waals surface area contributed by atoms with Crippen molar-refractivity contribution in [2.75, 3.05) is 16.8 Å². The molecule has 2 amide bonds. The number of carbonyl (C=O) groups is 2. The van der Waals surface area contributed by atoms with Crippen molar-refractivity contribution in [3.05, 3.63) is 77.1 Å². The van der Waals surface area contributed by atoms with Crippen LogP contribution in [0.4, 0.5) is 11.4 Å². The quantitative estimate of drug-likeness (QED) is 0.689. The second kappa shape index (κ2) is 7.82. The third kappa shape index (κ3) is 3.63. The van der Waals surface area contributed by atoms with Crippen molar-refractivity contribution in [3.63, 3.8) is 0 Å². The van der Waals surface area contributed by atoms with Crippen LogP contribution in [0.2, 0.25) is 0 Å². The summed E-state index contributed by atoms with van der Waals surface area (Å²) in [7, 11) is 0. The van der Waals surface area contributed by atoms with Gasteiger partial charge in [-0.1, -0.05) is 12.1 Å². The molecular weight excluding hydrogens is 374 g/mol. The highest BCUT2D eigenvalue weighted by Gasteiger charge is 2.35. The van der Waals surface area contributed by atoms with Crippen molar-refractivity contribution < 1.29 is 9.59 Å². The summed E-state index contributed by atoms with van der Waals surface area (Å²) < 4.78 is 2.17. The third-order valence-electron chi connectivity index (χ3n) is 6.03. The lowest BCUT2D eigenvalue weighted by molar-refractivity contribution is -0.122. The number of hydrogen-bond donors (Lipinski definition) is 1. The lowest BCUT2D eigenvalue weighted by Crippen LogP contribution is -2.28. The molecule has 1 aliphatic heterocycles. The smallest absolute Gasteiger partial charge is 0.229 e. The molecule has 0 aliphatic carbocycles. The molecule has 5 nitrogen and oxygen atoms in total. The van der Waals surface area contributed by atoms with Crippen LogP contribution in [0.1, 0.15) is 28.9 Å². The van der Waals surface area contributed by atoms with Gasteiger partial charge in [-0.25, -0.2) is 0 Å². The first-order valence-electron chi connectivity index (χ1n) is 10.3. The molecule has 0 spiro atoms. The van der Waals surface area contributed by atoms with Crippen molar-refractivity contribution >= 4 is 23.2 Å². The van der Waals surface area contributed by atoms with Gasteiger partial charge in [0, 0.05) is 41.4 Å². The standard InChI is InChI=1S/C25H27N3O2/c1-16-6-5-7-23(19(16)4)27-15-20(14-24(27)29)25(30)26-21-10-12-22(13-11-21)28-17(2)8-9-18(28)3/h5-13,20H,14-15H2,1-4H3,(H,26,30)/t20-/m1/s1. The molecule has 0 saturated carbocycles. The summed E-state index contributed by atoms with van der Waals surface area (Å²) in [5.41, 5.74) is 7.26. The number of aryl methyl sites for hydroxylation is 3. The van der Waals surface area contributed by atoms with E-state index in [0.29, 0.717) is 6.54 Å². The number of nitrogens with one attached hydrogen (secondary N) is 1. The molecule has 1 aliphatic rings. The fraction of sp³-hybridized carbons (Fsp3) is 0.280. The fourth-order valence-electron chi connectivity index (χ4n) is 4.16. The van der Waals surface area contributed by atoms with E-state index in [-0.39, 0.29) is 24.2 Å². The summed E-state index contributed by atoms with van der Waals surface area (Å²) in [5.74, 6) is -0.471. The summed E-state index contributed by atoms with van der Waals surface area (Å²) in [5, 5.41) is 2.98. The van der Waals surface area contributed by atoms with Crippen LogP contribution in [0.5, 0.6) is 0 Å². The number of aromatic nitrogens is 1. The van der Waals surface area contributed by atoms with Gasteiger partial charge in [-0.3, -0.25) is 9.59 Å². The minimum absolute atomic E-state index is 0.00208. The molecule has 154 valence electrons. The average Bonchev–Trinajstić information content (AvgIpc) is 3.27. The normalized spacial score (nSPS) is 16.2. The Labute approximate surface area is 177 Å². The van der Waals surface area contributed by atoms with Crippen LogP contribution in [0, 0.1) is 33.6 Å². The number of amides is 2. The highest BCUT2D eigenvalue weighted by molar-refractivity contribution is 6.03. The van der Waals surface area contributed by atoms with Gasteiger partial charge in [0.1, 0.15) is 0 Å². The van der Waals surface area contributed by atoms with Gasteiger partial charge in [-0.05, 0) is 81.3 Å².